The summed E-state index contributed by atoms with van der Waals surface area (Å²) in [6.07, 6.45) is 0. The second-order valence-corrected chi connectivity index (χ2v) is 15.3. The molecule has 0 aliphatic rings. The average Bonchev–Trinajstić information content (AvgIpc) is 4.02. The van der Waals surface area contributed by atoms with Crippen LogP contribution in [0.4, 0.5) is 0 Å². The largest absolute Gasteiger partial charge is 0.309 e. The summed E-state index contributed by atoms with van der Waals surface area (Å²) in [6.45, 7) is 0. The molecule has 0 radical (unpaired) electrons. The maximum absolute atomic E-state index is 2.51. The van der Waals surface area contributed by atoms with E-state index in [-0.39, 0.29) is 0 Å². The molecule has 13 aromatic rings. The molecule has 0 saturated carbocycles. The number of nitrogens with zero attached hydrogens (tertiary/aromatic N) is 4. The van der Waals surface area contributed by atoms with Crippen molar-refractivity contribution in [1.29, 1.82) is 0 Å². The number of hydrogen-bond donors (Lipinski definition) is 0. The van der Waals surface area contributed by atoms with Crippen LogP contribution in [0, 0.1) is 0 Å². The van der Waals surface area contributed by atoms with E-state index in [0.29, 0.717) is 0 Å². The number of fused-ring (bicyclic) bond motifs is 13. The molecule has 0 fully saturated rings. The van der Waals surface area contributed by atoms with Crippen molar-refractivity contribution < 1.29 is 0 Å². The van der Waals surface area contributed by atoms with E-state index in [1.54, 1.807) is 0 Å². The van der Waals surface area contributed by atoms with Crippen LogP contribution in [0.1, 0.15) is 0 Å². The van der Waals surface area contributed by atoms with Gasteiger partial charge in [-0.3, -0.25) is 0 Å². The van der Waals surface area contributed by atoms with Crippen molar-refractivity contribution >= 4 is 87.2 Å². The highest BCUT2D eigenvalue weighted by Crippen LogP contribution is 2.46. The summed E-state index contributed by atoms with van der Waals surface area (Å²) in [6, 6.07) is 75.5. The molecule has 0 bridgehead atoms. The fourth-order valence-electron chi connectivity index (χ4n) is 10.0. The van der Waals surface area contributed by atoms with E-state index in [1.165, 1.54) is 87.2 Å². The second-order valence-electron chi connectivity index (χ2n) is 15.3. The molecule has 4 heteroatoms. The Morgan fingerprint density at radius 2 is 0.586 bits per heavy atom. The molecular weight excluding hydrogens is 705 g/mol. The lowest BCUT2D eigenvalue weighted by Gasteiger charge is -2.17. The van der Waals surface area contributed by atoms with Gasteiger partial charge in [0.25, 0.3) is 0 Å². The summed E-state index contributed by atoms with van der Waals surface area (Å²) < 4.78 is 9.92. The first kappa shape index (κ1) is 31.4. The van der Waals surface area contributed by atoms with Crippen molar-refractivity contribution in [3.05, 3.63) is 206 Å². The van der Waals surface area contributed by atoms with Crippen molar-refractivity contribution in [2.75, 3.05) is 0 Å². The molecule has 13 rings (SSSR count). The Morgan fingerprint density at radius 1 is 0.224 bits per heavy atom. The van der Waals surface area contributed by atoms with Gasteiger partial charge in [-0.25, -0.2) is 0 Å². The maximum Gasteiger partial charge on any atom is 0.0784 e. The lowest BCUT2D eigenvalue weighted by Crippen LogP contribution is -2.03. The predicted octanol–water partition coefficient (Wildman–Crippen LogP) is 14.1. The first-order chi connectivity index (χ1) is 28.8. The number of benzene rings is 9. The highest BCUT2D eigenvalue weighted by atomic mass is 15.1. The smallest absolute Gasteiger partial charge is 0.0784 e. The fourth-order valence-corrected chi connectivity index (χ4v) is 10.0. The molecule has 4 aromatic heterocycles. The van der Waals surface area contributed by atoms with Gasteiger partial charge in [0.15, 0.2) is 0 Å². The van der Waals surface area contributed by atoms with Gasteiger partial charge in [0, 0.05) is 60.2 Å². The number of rotatable bonds is 4. The standard InChI is InChI=1S/C54H34N4/c1-3-17-35(18-4-1)55-48-30-16-11-25-42(48)52-49(55)31-32-50-53(52)43-33-37(56-44-26-12-7-21-38(44)39-22-8-13-27-45(39)56)34-51(54(43)57(50)36-19-5-2-6-20-36)58-46-28-14-9-23-40(46)41-24-10-15-29-47(41)58/h1-34H. The maximum atomic E-state index is 2.51. The van der Waals surface area contributed by atoms with Crippen LogP contribution in [0.3, 0.4) is 0 Å². The highest BCUT2D eigenvalue weighted by molar-refractivity contribution is 6.30. The van der Waals surface area contributed by atoms with Gasteiger partial charge in [-0.05, 0) is 78.9 Å². The van der Waals surface area contributed by atoms with Crippen molar-refractivity contribution in [2.45, 2.75) is 0 Å². The zero-order valence-electron chi connectivity index (χ0n) is 31.4. The first-order valence-electron chi connectivity index (χ1n) is 20.0. The third-order valence-corrected chi connectivity index (χ3v) is 12.3. The zero-order chi connectivity index (χ0) is 37.9. The van der Waals surface area contributed by atoms with Crippen LogP contribution < -0.4 is 0 Å². The topological polar surface area (TPSA) is 19.7 Å². The van der Waals surface area contributed by atoms with Crippen LogP contribution in [0.2, 0.25) is 0 Å². The van der Waals surface area contributed by atoms with Crippen LogP contribution in [0.15, 0.2) is 206 Å². The Hall–Kier alpha value is -7.82. The quantitative estimate of drug-likeness (QED) is 0.171. The van der Waals surface area contributed by atoms with E-state index >= 15 is 0 Å². The molecule has 4 heterocycles. The van der Waals surface area contributed by atoms with Gasteiger partial charge in [0.2, 0.25) is 0 Å². The van der Waals surface area contributed by atoms with Gasteiger partial charge in [0.1, 0.15) is 0 Å². The van der Waals surface area contributed by atoms with Crippen molar-refractivity contribution in [3.63, 3.8) is 0 Å². The fraction of sp³-hybridized carbons (Fsp3) is 0. The molecule has 0 aliphatic heterocycles. The molecular formula is C54H34N4. The monoisotopic (exact) mass is 738 g/mol. The Bertz CT molecular complexity index is 3680. The summed E-state index contributed by atoms with van der Waals surface area (Å²) in [7, 11) is 0. The third kappa shape index (κ3) is 4.18. The second kappa shape index (κ2) is 11.8. The van der Waals surface area contributed by atoms with E-state index in [4.69, 9.17) is 0 Å². The van der Waals surface area contributed by atoms with E-state index in [9.17, 15) is 0 Å². The van der Waals surface area contributed by atoms with Crippen LogP contribution in [-0.2, 0) is 0 Å². The summed E-state index contributed by atoms with van der Waals surface area (Å²) >= 11 is 0. The number of hydrogen-bond acceptors (Lipinski definition) is 0. The molecule has 270 valence electrons. The minimum absolute atomic E-state index is 1.12. The van der Waals surface area contributed by atoms with Crippen molar-refractivity contribution in [3.8, 4) is 22.7 Å². The molecule has 0 saturated heterocycles. The minimum atomic E-state index is 1.12. The number of para-hydroxylation sites is 7. The SMILES string of the molecule is c1ccc(-n2c3ccccc3c3c4c5cc(-n6c7ccccc7c7ccccc76)cc(-n6c7ccccc7c7ccccc76)c5n(-c5ccccc5)c4ccc32)cc1. The molecule has 58 heavy (non-hydrogen) atoms. The molecule has 0 atom stereocenters. The lowest BCUT2D eigenvalue weighted by molar-refractivity contribution is 1.11. The Kier molecular flexibility index (Phi) is 6.41. The average molecular weight is 739 g/mol. The first-order valence-corrected chi connectivity index (χ1v) is 20.0. The molecule has 0 spiro atoms. The number of aromatic nitrogens is 4. The Labute approximate surface area is 333 Å². The lowest BCUT2D eigenvalue weighted by atomic mass is 10.0. The van der Waals surface area contributed by atoms with Gasteiger partial charge >= 0.3 is 0 Å². The Balaban J connectivity index is 1.31. The Morgan fingerprint density at radius 3 is 1.10 bits per heavy atom. The molecule has 0 unspecified atom stereocenters. The van der Waals surface area contributed by atoms with Gasteiger partial charge in [0.05, 0.1) is 49.8 Å². The van der Waals surface area contributed by atoms with Gasteiger partial charge in [-0.1, -0.05) is 127 Å². The highest BCUT2D eigenvalue weighted by Gasteiger charge is 2.26. The van der Waals surface area contributed by atoms with Crippen LogP contribution >= 0.6 is 0 Å². The minimum Gasteiger partial charge on any atom is -0.309 e. The van der Waals surface area contributed by atoms with Crippen LogP contribution in [0.5, 0.6) is 0 Å². The summed E-state index contributed by atoms with van der Waals surface area (Å²) in [5.41, 5.74) is 14.0. The van der Waals surface area contributed by atoms with E-state index in [0.717, 1.165) is 22.7 Å². The van der Waals surface area contributed by atoms with Crippen LogP contribution in [0.25, 0.3) is 110 Å². The van der Waals surface area contributed by atoms with Crippen molar-refractivity contribution in [2.24, 2.45) is 0 Å². The van der Waals surface area contributed by atoms with Gasteiger partial charge in [-0.2, -0.15) is 0 Å². The predicted molar refractivity (Wildman–Crippen MR) is 244 cm³/mol. The van der Waals surface area contributed by atoms with E-state index < -0.39 is 0 Å². The van der Waals surface area contributed by atoms with Crippen molar-refractivity contribution in [1.82, 2.24) is 18.3 Å². The molecule has 0 amide bonds. The molecule has 0 aliphatic carbocycles. The van der Waals surface area contributed by atoms with E-state index in [2.05, 4.69) is 225 Å². The summed E-state index contributed by atoms with van der Waals surface area (Å²) in [4.78, 5) is 0. The molecule has 0 N–H and O–H groups in total. The molecule has 4 nitrogen and oxygen atoms in total. The third-order valence-electron chi connectivity index (χ3n) is 12.3. The van der Waals surface area contributed by atoms with E-state index in [1.807, 2.05) is 0 Å². The summed E-state index contributed by atoms with van der Waals surface area (Å²) in [5, 5.41) is 9.91. The summed E-state index contributed by atoms with van der Waals surface area (Å²) in [5.74, 6) is 0. The van der Waals surface area contributed by atoms with Gasteiger partial charge < -0.3 is 18.3 Å². The molecule has 9 aromatic carbocycles. The van der Waals surface area contributed by atoms with Gasteiger partial charge in [-0.15, -0.1) is 0 Å². The zero-order valence-corrected chi connectivity index (χ0v) is 31.4. The normalized spacial score (nSPS) is 12.1. The van der Waals surface area contributed by atoms with Crippen LogP contribution in [-0.4, -0.2) is 18.3 Å².